The van der Waals surface area contributed by atoms with Crippen LogP contribution in [-0.4, -0.2) is 26.9 Å². The smallest absolute Gasteiger partial charge is 0.250 e. The van der Waals surface area contributed by atoms with Crippen LogP contribution in [0.25, 0.3) is 0 Å². The molecule has 17 heavy (non-hydrogen) atoms. The van der Waals surface area contributed by atoms with Gasteiger partial charge in [0.25, 0.3) is 10.0 Å². The summed E-state index contributed by atoms with van der Waals surface area (Å²) in [5.41, 5.74) is 0. The number of nitrogens with one attached hydrogen (secondary N) is 2. The van der Waals surface area contributed by atoms with Gasteiger partial charge in [0, 0.05) is 6.54 Å². The molecule has 2 rings (SSSR count). The van der Waals surface area contributed by atoms with Crippen molar-refractivity contribution in [1.82, 2.24) is 10.0 Å². The van der Waals surface area contributed by atoms with Crippen LogP contribution in [0.15, 0.2) is 20.1 Å². The molecular weight excluding hydrogens is 328 g/mol. The first-order valence-corrected chi connectivity index (χ1v) is 8.14. The second kappa shape index (κ2) is 5.05. The van der Waals surface area contributed by atoms with Gasteiger partial charge in [0.05, 0.1) is 3.79 Å². The number of amides is 1. The second-order valence-electron chi connectivity index (χ2n) is 3.67. The summed E-state index contributed by atoms with van der Waals surface area (Å²) in [6.07, 6.45) is 1.32. The first kappa shape index (κ1) is 13.0. The molecule has 1 fully saturated rings. The maximum Gasteiger partial charge on any atom is 0.250 e. The molecule has 1 aromatic rings. The Morgan fingerprint density at radius 1 is 1.47 bits per heavy atom. The van der Waals surface area contributed by atoms with E-state index in [0.29, 0.717) is 13.0 Å². The molecular formula is C9H11BrN2O3S2. The van der Waals surface area contributed by atoms with Crippen LogP contribution in [0, 0.1) is 0 Å². The standard InChI is InChI=1S/C9H11BrN2O3S2/c10-7-3-4-8(16-7)17(14,15)12-6-2-1-5-11-9(6)13/h3-4,6,12H,1-2,5H2,(H,11,13). The lowest BCUT2D eigenvalue weighted by Gasteiger charge is -2.22. The van der Waals surface area contributed by atoms with E-state index in [1.165, 1.54) is 6.07 Å². The highest BCUT2D eigenvalue weighted by molar-refractivity contribution is 9.11. The SMILES string of the molecule is O=C1NCCCC1NS(=O)(=O)c1ccc(Br)s1. The van der Waals surface area contributed by atoms with Crippen LogP contribution >= 0.6 is 27.3 Å². The summed E-state index contributed by atoms with van der Waals surface area (Å²) in [7, 11) is -3.59. The molecule has 1 saturated heterocycles. The molecule has 0 bridgehead atoms. The molecule has 0 saturated carbocycles. The van der Waals surface area contributed by atoms with Gasteiger partial charge in [-0.1, -0.05) is 0 Å². The van der Waals surface area contributed by atoms with Crippen LogP contribution in [0.5, 0.6) is 0 Å². The number of piperidine rings is 1. The average Bonchev–Trinajstić information content (AvgIpc) is 2.69. The van der Waals surface area contributed by atoms with E-state index in [0.717, 1.165) is 21.5 Å². The van der Waals surface area contributed by atoms with Crippen LogP contribution < -0.4 is 10.0 Å². The number of halogens is 1. The van der Waals surface area contributed by atoms with Crippen molar-refractivity contribution >= 4 is 43.2 Å². The Kier molecular flexibility index (Phi) is 3.86. The lowest BCUT2D eigenvalue weighted by molar-refractivity contribution is -0.124. The zero-order chi connectivity index (χ0) is 12.5. The molecule has 1 aromatic heterocycles. The molecule has 0 aliphatic carbocycles. The van der Waals surface area contributed by atoms with Gasteiger partial charge in [-0.2, -0.15) is 4.72 Å². The first-order valence-electron chi connectivity index (χ1n) is 5.04. The number of carbonyl (C=O) groups is 1. The lowest BCUT2D eigenvalue weighted by Crippen LogP contribution is -2.49. The van der Waals surface area contributed by atoms with E-state index in [1.54, 1.807) is 6.07 Å². The summed E-state index contributed by atoms with van der Waals surface area (Å²) in [5, 5.41) is 2.64. The van der Waals surface area contributed by atoms with E-state index in [1.807, 2.05) is 0 Å². The van der Waals surface area contributed by atoms with Gasteiger partial charge in [-0.25, -0.2) is 8.42 Å². The van der Waals surface area contributed by atoms with Crippen molar-refractivity contribution in [2.45, 2.75) is 23.1 Å². The van der Waals surface area contributed by atoms with Crippen molar-refractivity contribution < 1.29 is 13.2 Å². The number of hydrogen-bond donors (Lipinski definition) is 2. The van der Waals surface area contributed by atoms with E-state index in [4.69, 9.17) is 0 Å². The van der Waals surface area contributed by atoms with Crippen molar-refractivity contribution in [3.63, 3.8) is 0 Å². The lowest BCUT2D eigenvalue weighted by atomic mass is 10.1. The third-order valence-corrected chi connectivity index (χ3v) is 5.98. The minimum atomic E-state index is -3.59. The number of carbonyl (C=O) groups excluding carboxylic acids is 1. The Morgan fingerprint density at radius 3 is 2.82 bits per heavy atom. The molecule has 1 atom stereocenters. The van der Waals surface area contributed by atoms with E-state index in [2.05, 4.69) is 26.0 Å². The van der Waals surface area contributed by atoms with Crippen LogP contribution in [0.2, 0.25) is 0 Å². The molecule has 0 aromatic carbocycles. The molecule has 5 nitrogen and oxygen atoms in total. The molecule has 2 heterocycles. The van der Waals surface area contributed by atoms with E-state index >= 15 is 0 Å². The third kappa shape index (κ3) is 3.06. The minimum Gasteiger partial charge on any atom is -0.355 e. The average molecular weight is 339 g/mol. The minimum absolute atomic E-state index is 0.211. The van der Waals surface area contributed by atoms with Gasteiger partial charge in [0.1, 0.15) is 10.3 Å². The van der Waals surface area contributed by atoms with Crippen LogP contribution in [0.3, 0.4) is 0 Å². The van der Waals surface area contributed by atoms with Crippen molar-refractivity contribution in [2.75, 3.05) is 6.54 Å². The van der Waals surface area contributed by atoms with Gasteiger partial charge < -0.3 is 5.32 Å². The van der Waals surface area contributed by atoms with Crippen molar-refractivity contribution in [2.24, 2.45) is 0 Å². The highest BCUT2D eigenvalue weighted by Gasteiger charge is 2.28. The van der Waals surface area contributed by atoms with E-state index in [-0.39, 0.29) is 10.1 Å². The summed E-state index contributed by atoms with van der Waals surface area (Å²) in [6, 6.07) is 2.52. The largest absolute Gasteiger partial charge is 0.355 e. The van der Waals surface area contributed by atoms with Gasteiger partial charge >= 0.3 is 0 Å². The molecule has 2 N–H and O–H groups in total. The molecule has 1 unspecified atom stereocenters. The van der Waals surface area contributed by atoms with Crippen molar-refractivity contribution in [3.05, 3.63) is 15.9 Å². The highest BCUT2D eigenvalue weighted by Crippen LogP contribution is 2.26. The predicted molar refractivity (Wildman–Crippen MR) is 68.4 cm³/mol. The Hall–Kier alpha value is -0.440. The zero-order valence-corrected chi connectivity index (χ0v) is 12.0. The molecule has 0 spiro atoms. The summed E-state index contributed by atoms with van der Waals surface area (Å²) in [6.45, 7) is 0.613. The van der Waals surface area contributed by atoms with E-state index < -0.39 is 16.1 Å². The molecule has 0 radical (unpaired) electrons. The number of sulfonamides is 1. The number of thiophene rings is 1. The van der Waals surface area contributed by atoms with Crippen molar-refractivity contribution in [1.29, 1.82) is 0 Å². The van der Waals surface area contributed by atoms with Gasteiger partial charge in [-0.05, 0) is 40.9 Å². The van der Waals surface area contributed by atoms with Crippen molar-refractivity contribution in [3.8, 4) is 0 Å². The molecule has 1 aliphatic rings. The number of rotatable bonds is 3. The Bertz CT molecular complexity index is 526. The number of hydrogen-bond acceptors (Lipinski definition) is 4. The fraction of sp³-hybridized carbons (Fsp3) is 0.444. The van der Waals surface area contributed by atoms with Crippen LogP contribution in [-0.2, 0) is 14.8 Å². The quantitative estimate of drug-likeness (QED) is 0.865. The highest BCUT2D eigenvalue weighted by atomic mass is 79.9. The summed E-state index contributed by atoms with van der Waals surface area (Å²) >= 11 is 4.33. The Morgan fingerprint density at radius 2 is 2.24 bits per heavy atom. The normalized spacial score (nSPS) is 21.2. The first-order chi connectivity index (χ1) is 7.99. The topological polar surface area (TPSA) is 75.3 Å². The van der Waals surface area contributed by atoms with Crippen LogP contribution in [0.4, 0.5) is 0 Å². The zero-order valence-electron chi connectivity index (χ0n) is 8.77. The van der Waals surface area contributed by atoms with Gasteiger partial charge in [-0.3, -0.25) is 4.79 Å². The van der Waals surface area contributed by atoms with Gasteiger partial charge in [0.2, 0.25) is 5.91 Å². The van der Waals surface area contributed by atoms with Gasteiger partial charge in [-0.15, -0.1) is 11.3 Å². The fourth-order valence-corrected chi connectivity index (χ4v) is 4.83. The Balaban J connectivity index is 2.14. The Labute approximate surface area is 112 Å². The summed E-state index contributed by atoms with van der Waals surface area (Å²) in [5.74, 6) is -0.254. The molecule has 1 aliphatic heterocycles. The predicted octanol–water partition coefficient (Wildman–Crippen LogP) is 1.07. The molecule has 94 valence electrons. The van der Waals surface area contributed by atoms with E-state index in [9.17, 15) is 13.2 Å². The third-order valence-electron chi connectivity index (χ3n) is 2.40. The summed E-state index contributed by atoms with van der Waals surface area (Å²) < 4.78 is 27.3. The van der Waals surface area contributed by atoms with Crippen LogP contribution in [0.1, 0.15) is 12.8 Å². The molecule has 8 heteroatoms. The van der Waals surface area contributed by atoms with Gasteiger partial charge in [0.15, 0.2) is 0 Å². The molecule has 1 amide bonds. The second-order valence-corrected chi connectivity index (χ2v) is 8.07. The maximum absolute atomic E-state index is 12.0. The monoisotopic (exact) mass is 338 g/mol. The maximum atomic E-state index is 12.0. The fourth-order valence-electron chi connectivity index (χ4n) is 1.57. The summed E-state index contributed by atoms with van der Waals surface area (Å²) in [4.78, 5) is 11.5.